The molecule has 0 heterocycles. The van der Waals surface area contributed by atoms with Crippen molar-refractivity contribution in [1.82, 2.24) is 0 Å². The Morgan fingerprint density at radius 1 is 0.846 bits per heavy atom. The zero-order valence-corrected chi connectivity index (χ0v) is 8.44. The van der Waals surface area contributed by atoms with Gasteiger partial charge in [0, 0.05) is 5.69 Å². The first-order valence-corrected chi connectivity index (χ1v) is 4.43. The Morgan fingerprint density at radius 2 is 1.31 bits per heavy atom. The summed E-state index contributed by atoms with van der Waals surface area (Å²) in [7, 11) is 0. The van der Waals surface area contributed by atoms with Crippen LogP contribution in [0.5, 0.6) is 0 Å². The minimum absolute atomic E-state index is 0.618. The third kappa shape index (κ3) is 1.30. The first-order chi connectivity index (χ1) is 6.00. The first-order valence-electron chi connectivity index (χ1n) is 4.43. The van der Waals surface area contributed by atoms with Crippen molar-refractivity contribution in [1.29, 1.82) is 0 Å². The lowest BCUT2D eigenvalue weighted by Gasteiger charge is -2.16. The van der Waals surface area contributed by atoms with Crippen molar-refractivity contribution in [2.75, 3.05) is 17.2 Å². The Balaban J connectivity index is 3.56. The summed E-state index contributed by atoms with van der Waals surface area (Å²) < 4.78 is 0. The Hall–Kier alpha value is -1.38. The molecule has 72 valence electrons. The molecule has 1 aromatic carbocycles. The minimum atomic E-state index is 0.618. The third-order valence-electron chi connectivity index (χ3n) is 2.63. The number of hydrogen-bond donors (Lipinski definition) is 3. The molecule has 0 spiro atoms. The molecule has 0 aliphatic heterocycles. The number of hydrogen-bond acceptors (Lipinski definition) is 3. The van der Waals surface area contributed by atoms with Gasteiger partial charge in [0.25, 0.3) is 0 Å². The van der Waals surface area contributed by atoms with Gasteiger partial charge in [-0.1, -0.05) is 6.92 Å². The fourth-order valence-corrected chi connectivity index (χ4v) is 1.60. The van der Waals surface area contributed by atoms with Crippen LogP contribution < -0.4 is 17.2 Å². The van der Waals surface area contributed by atoms with E-state index in [4.69, 9.17) is 17.2 Å². The van der Waals surface area contributed by atoms with Crippen LogP contribution in [0.4, 0.5) is 17.1 Å². The summed E-state index contributed by atoms with van der Waals surface area (Å²) in [5.74, 6) is 0. The van der Waals surface area contributed by atoms with E-state index in [0.717, 1.165) is 28.8 Å². The molecule has 3 nitrogen and oxygen atoms in total. The van der Waals surface area contributed by atoms with E-state index in [1.54, 1.807) is 0 Å². The molecule has 0 radical (unpaired) electrons. The highest BCUT2D eigenvalue weighted by Gasteiger charge is 2.12. The van der Waals surface area contributed by atoms with Crippen LogP contribution in [-0.4, -0.2) is 0 Å². The fourth-order valence-electron chi connectivity index (χ4n) is 1.60. The predicted molar refractivity (Wildman–Crippen MR) is 58.5 cm³/mol. The number of anilines is 3. The van der Waals surface area contributed by atoms with Gasteiger partial charge < -0.3 is 17.2 Å². The lowest BCUT2D eigenvalue weighted by Crippen LogP contribution is -2.07. The molecular weight excluding hydrogens is 162 g/mol. The number of nitrogens with two attached hydrogens (primary N) is 3. The predicted octanol–water partition coefficient (Wildman–Crippen LogP) is 1.61. The second kappa shape index (κ2) is 3.17. The molecule has 0 aromatic heterocycles. The smallest absolute Gasteiger partial charge is 0.0601 e. The average Bonchev–Trinajstić information content (AvgIpc) is 2.13. The molecule has 1 rings (SSSR count). The Morgan fingerprint density at radius 3 is 1.77 bits per heavy atom. The number of rotatable bonds is 1. The monoisotopic (exact) mass is 179 g/mol. The first kappa shape index (κ1) is 9.71. The summed E-state index contributed by atoms with van der Waals surface area (Å²) >= 11 is 0. The Bertz CT molecular complexity index is 314. The van der Waals surface area contributed by atoms with Gasteiger partial charge in [-0.25, -0.2) is 0 Å². The maximum Gasteiger partial charge on any atom is 0.0601 e. The SMILES string of the molecule is CCc1c(C)c(N)c(N)c(C)c1N. The van der Waals surface area contributed by atoms with E-state index in [9.17, 15) is 0 Å². The molecule has 1 aromatic rings. The van der Waals surface area contributed by atoms with Crippen molar-refractivity contribution in [2.45, 2.75) is 27.2 Å². The highest BCUT2D eigenvalue weighted by molar-refractivity contribution is 5.80. The molecule has 0 amide bonds. The fraction of sp³-hybridized carbons (Fsp3) is 0.400. The molecule has 6 N–H and O–H groups in total. The maximum atomic E-state index is 5.93. The van der Waals surface area contributed by atoms with Crippen molar-refractivity contribution < 1.29 is 0 Å². The van der Waals surface area contributed by atoms with Gasteiger partial charge in [-0.2, -0.15) is 0 Å². The molecule has 0 fully saturated rings. The molecule has 13 heavy (non-hydrogen) atoms. The van der Waals surface area contributed by atoms with E-state index < -0.39 is 0 Å². The number of nitrogen functional groups attached to an aromatic ring is 3. The molecule has 0 atom stereocenters. The molecule has 0 saturated carbocycles. The van der Waals surface area contributed by atoms with E-state index in [2.05, 4.69) is 6.92 Å². The summed E-state index contributed by atoms with van der Waals surface area (Å²) in [6.45, 7) is 5.92. The zero-order valence-electron chi connectivity index (χ0n) is 8.44. The normalized spacial score (nSPS) is 10.4. The molecule has 3 heteroatoms. The van der Waals surface area contributed by atoms with Crippen molar-refractivity contribution in [3.8, 4) is 0 Å². The lowest BCUT2D eigenvalue weighted by molar-refractivity contribution is 1.11. The summed E-state index contributed by atoms with van der Waals surface area (Å²) in [6.07, 6.45) is 0.892. The van der Waals surface area contributed by atoms with Crippen LogP contribution in [0, 0.1) is 13.8 Å². The van der Waals surface area contributed by atoms with E-state index in [-0.39, 0.29) is 0 Å². The van der Waals surface area contributed by atoms with Gasteiger partial charge in [-0.15, -0.1) is 0 Å². The molecule has 0 unspecified atom stereocenters. The van der Waals surface area contributed by atoms with Crippen molar-refractivity contribution in [2.24, 2.45) is 0 Å². The standard InChI is InChI=1S/C10H17N3/c1-4-7-5(2)9(12)10(13)6(3)8(7)11/h4,11-13H2,1-3H3. The van der Waals surface area contributed by atoms with Gasteiger partial charge in [0.15, 0.2) is 0 Å². The summed E-state index contributed by atoms with van der Waals surface area (Å²) in [5.41, 5.74) is 22.7. The molecule has 0 saturated heterocycles. The number of benzene rings is 1. The minimum Gasteiger partial charge on any atom is -0.398 e. The maximum absolute atomic E-state index is 5.93. The molecular formula is C10H17N3. The van der Waals surface area contributed by atoms with Crippen molar-refractivity contribution >= 4 is 17.1 Å². The second-order valence-electron chi connectivity index (χ2n) is 3.32. The Kier molecular flexibility index (Phi) is 2.36. The van der Waals surface area contributed by atoms with Crippen LogP contribution >= 0.6 is 0 Å². The van der Waals surface area contributed by atoms with Gasteiger partial charge in [0.2, 0.25) is 0 Å². The third-order valence-corrected chi connectivity index (χ3v) is 2.63. The quantitative estimate of drug-likeness (QED) is 0.573. The van der Waals surface area contributed by atoms with Crippen LogP contribution in [0.3, 0.4) is 0 Å². The van der Waals surface area contributed by atoms with Crippen molar-refractivity contribution in [3.05, 3.63) is 16.7 Å². The van der Waals surface area contributed by atoms with Crippen LogP contribution in [0.2, 0.25) is 0 Å². The summed E-state index contributed by atoms with van der Waals surface area (Å²) in [4.78, 5) is 0. The summed E-state index contributed by atoms with van der Waals surface area (Å²) in [6, 6.07) is 0. The van der Waals surface area contributed by atoms with Gasteiger partial charge in [0.1, 0.15) is 0 Å². The van der Waals surface area contributed by atoms with Gasteiger partial charge >= 0.3 is 0 Å². The summed E-state index contributed by atoms with van der Waals surface area (Å²) in [5, 5.41) is 0. The molecule has 0 bridgehead atoms. The van der Waals surface area contributed by atoms with Gasteiger partial charge in [0.05, 0.1) is 11.4 Å². The second-order valence-corrected chi connectivity index (χ2v) is 3.32. The van der Waals surface area contributed by atoms with Crippen LogP contribution in [0.25, 0.3) is 0 Å². The van der Waals surface area contributed by atoms with Crippen molar-refractivity contribution in [3.63, 3.8) is 0 Å². The van der Waals surface area contributed by atoms with Gasteiger partial charge in [-0.3, -0.25) is 0 Å². The van der Waals surface area contributed by atoms with Crippen LogP contribution in [-0.2, 0) is 6.42 Å². The zero-order chi connectivity index (χ0) is 10.2. The van der Waals surface area contributed by atoms with Gasteiger partial charge in [-0.05, 0) is 37.0 Å². The van der Waals surface area contributed by atoms with E-state index in [1.807, 2.05) is 13.8 Å². The van der Waals surface area contributed by atoms with Crippen LogP contribution in [0.15, 0.2) is 0 Å². The highest BCUT2D eigenvalue weighted by Crippen LogP contribution is 2.33. The average molecular weight is 179 g/mol. The van der Waals surface area contributed by atoms with E-state index in [1.165, 1.54) is 0 Å². The molecule has 0 aliphatic rings. The Labute approximate surface area is 78.9 Å². The van der Waals surface area contributed by atoms with Crippen LogP contribution in [0.1, 0.15) is 23.6 Å². The van der Waals surface area contributed by atoms with E-state index >= 15 is 0 Å². The highest BCUT2D eigenvalue weighted by atomic mass is 14.7. The lowest BCUT2D eigenvalue weighted by atomic mass is 9.97. The molecule has 0 aliphatic carbocycles. The topological polar surface area (TPSA) is 78.1 Å². The largest absolute Gasteiger partial charge is 0.398 e. The van der Waals surface area contributed by atoms with E-state index in [0.29, 0.717) is 11.4 Å².